The maximum absolute atomic E-state index is 10.2. The van der Waals surface area contributed by atoms with Crippen molar-refractivity contribution >= 4 is 0 Å². The minimum atomic E-state index is -0.456. The molecule has 2 rings (SSSR count). The summed E-state index contributed by atoms with van der Waals surface area (Å²) in [4.78, 5) is 0. The fourth-order valence-electron chi connectivity index (χ4n) is 2.09. The summed E-state index contributed by atoms with van der Waals surface area (Å²) < 4.78 is 10.2. The van der Waals surface area contributed by atoms with E-state index in [-0.39, 0.29) is 0 Å². The van der Waals surface area contributed by atoms with Crippen LogP contribution in [0.25, 0.3) is 0 Å². The fourth-order valence-corrected chi connectivity index (χ4v) is 2.09. The average Bonchev–Trinajstić information content (AvgIpc) is 2.53. The third-order valence-electron chi connectivity index (χ3n) is 3.37. The second-order valence-electron chi connectivity index (χ2n) is 4.68. The Hall–Kier alpha value is -2.00. The standard InChI is InChI=1S/C17H20O3/c1-19-15-8-3-13(4-9-15)5-12-17(18)14-6-10-16(20-2)11-7-14/h3-4,6-11,17-18H,5,12H2,1-2H3. The Morgan fingerprint density at radius 3 is 1.85 bits per heavy atom. The number of methoxy groups -OCH3 is 2. The summed E-state index contributed by atoms with van der Waals surface area (Å²) in [5.74, 6) is 1.65. The van der Waals surface area contributed by atoms with Crippen molar-refractivity contribution in [3.63, 3.8) is 0 Å². The van der Waals surface area contributed by atoms with Gasteiger partial charge in [0.15, 0.2) is 0 Å². The summed E-state index contributed by atoms with van der Waals surface area (Å²) in [5.41, 5.74) is 2.11. The van der Waals surface area contributed by atoms with Gasteiger partial charge < -0.3 is 14.6 Å². The highest BCUT2D eigenvalue weighted by molar-refractivity contribution is 5.29. The van der Waals surface area contributed by atoms with E-state index >= 15 is 0 Å². The Bertz CT molecular complexity index is 517. The van der Waals surface area contributed by atoms with Crippen LogP contribution in [0, 0.1) is 0 Å². The molecule has 106 valence electrons. The van der Waals surface area contributed by atoms with Gasteiger partial charge in [-0.15, -0.1) is 0 Å². The van der Waals surface area contributed by atoms with Crippen molar-refractivity contribution in [3.05, 3.63) is 59.7 Å². The van der Waals surface area contributed by atoms with Crippen molar-refractivity contribution in [3.8, 4) is 11.5 Å². The molecule has 20 heavy (non-hydrogen) atoms. The van der Waals surface area contributed by atoms with Gasteiger partial charge in [0, 0.05) is 0 Å². The minimum Gasteiger partial charge on any atom is -0.497 e. The maximum atomic E-state index is 10.2. The molecule has 0 radical (unpaired) electrons. The van der Waals surface area contributed by atoms with E-state index in [1.165, 1.54) is 5.56 Å². The molecule has 0 aromatic heterocycles. The van der Waals surface area contributed by atoms with Gasteiger partial charge in [-0.3, -0.25) is 0 Å². The molecule has 1 N–H and O–H groups in total. The summed E-state index contributed by atoms with van der Waals surface area (Å²) in [6, 6.07) is 15.5. The van der Waals surface area contributed by atoms with E-state index < -0.39 is 6.10 Å². The van der Waals surface area contributed by atoms with Gasteiger partial charge in [-0.05, 0) is 48.2 Å². The van der Waals surface area contributed by atoms with E-state index in [2.05, 4.69) is 0 Å². The van der Waals surface area contributed by atoms with Gasteiger partial charge in [-0.25, -0.2) is 0 Å². The number of aliphatic hydroxyl groups is 1. The van der Waals surface area contributed by atoms with E-state index in [0.29, 0.717) is 6.42 Å². The molecule has 0 bridgehead atoms. The first-order valence-corrected chi connectivity index (χ1v) is 6.68. The lowest BCUT2D eigenvalue weighted by atomic mass is 10.0. The van der Waals surface area contributed by atoms with Crippen molar-refractivity contribution in [2.24, 2.45) is 0 Å². The van der Waals surface area contributed by atoms with E-state index in [4.69, 9.17) is 9.47 Å². The van der Waals surface area contributed by atoms with Crippen molar-refractivity contribution in [1.29, 1.82) is 0 Å². The van der Waals surface area contributed by atoms with Gasteiger partial charge in [0.05, 0.1) is 20.3 Å². The van der Waals surface area contributed by atoms with Crippen LogP contribution in [0.2, 0.25) is 0 Å². The van der Waals surface area contributed by atoms with Crippen LogP contribution in [-0.2, 0) is 6.42 Å². The second kappa shape index (κ2) is 6.96. The number of rotatable bonds is 6. The lowest BCUT2D eigenvalue weighted by Crippen LogP contribution is -1.99. The van der Waals surface area contributed by atoms with Crippen molar-refractivity contribution in [2.75, 3.05) is 14.2 Å². The molecule has 0 saturated carbocycles. The van der Waals surface area contributed by atoms with Crippen LogP contribution >= 0.6 is 0 Å². The van der Waals surface area contributed by atoms with Crippen LogP contribution in [-0.4, -0.2) is 19.3 Å². The Labute approximate surface area is 119 Å². The Kier molecular flexibility index (Phi) is 5.02. The molecule has 0 saturated heterocycles. The Morgan fingerprint density at radius 2 is 1.35 bits per heavy atom. The predicted octanol–water partition coefficient (Wildman–Crippen LogP) is 3.37. The van der Waals surface area contributed by atoms with Crippen LogP contribution < -0.4 is 9.47 Å². The molecule has 0 aliphatic rings. The van der Waals surface area contributed by atoms with Crippen LogP contribution in [0.1, 0.15) is 23.7 Å². The van der Waals surface area contributed by atoms with Crippen molar-refractivity contribution in [2.45, 2.75) is 18.9 Å². The van der Waals surface area contributed by atoms with Gasteiger partial charge in [-0.1, -0.05) is 24.3 Å². The zero-order valence-corrected chi connectivity index (χ0v) is 11.9. The number of hydrogen-bond acceptors (Lipinski definition) is 3. The monoisotopic (exact) mass is 272 g/mol. The molecule has 0 amide bonds. The number of hydrogen-bond donors (Lipinski definition) is 1. The summed E-state index contributed by atoms with van der Waals surface area (Å²) in [6.45, 7) is 0. The quantitative estimate of drug-likeness (QED) is 0.876. The van der Waals surface area contributed by atoms with Crippen molar-refractivity contribution < 1.29 is 14.6 Å². The molecule has 0 heterocycles. The molecule has 1 unspecified atom stereocenters. The van der Waals surface area contributed by atoms with E-state index in [1.807, 2.05) is 48.5 Å². The van der Waals surface area contributed by atoms with Gasteiger partial charge in [0.2, 0.25) is 0 Å². The second-order valence-corrected chi connectivity index (χ2v) is 4.68. The van der Waals surface area contributed by atoms with Gasteiger partial charge in [0.1, 0.15) is 11.5 Å². The van der Waals surface area contributed by atoms with Gasteiger partial charge in [-0.2, -0.15) is 0 Å². The summed E-state index contributed by atoms with van der Waals surface area (Å²) in [5, 5.41) is 10.2. The molecule has 1 atom stereocenters. The fraction of sp³-hybridized carbons (Fsp3) is 0.294. The van der Waals surface area contributed by atoms with Gasteiger partial charge >= 0.3 is 0 Å². The van der Waals surface area contributed by atoms with E-state index in [0.717, 1.165) is 23.5 Å². The molecule has 0 aliphatic carbocycles. The number of aliphatic hydroxyl groups excluding tert-OH is 1. The normalized spacial score (nSPS) is 11.9. The Morgan fingerprint density at radius 1 is 0.850 bits per heavy atom. The highest BCUT2D eigenvalue weighted by Gasteiger charge is 2.08. The molecule has 0 aliphatic heterocycles. The smallest absolute Gasteiger partial charge is 0.118 e. The number of aryl methyl sites for hydroxylation is 1. The average molecular weight is 272 g/mol. The molecule has 0 fully saturated rings. The SMILES string of the molecule is COc1ccc(CCC(O)c2ccc(OC)cc2)cc1. The lowest BCUT2D eigenvalue weighted by molar-refractivity contribution is 0.168. The largest absolute Gasteiger partial charge is 0.497 e. The van der Waals surface area contributed by atoms with Crippen LogP contribution in [0.3, 0.4) is 0 Å². The summed E-state index contributed by atoms with van der Waals surface area (Å²) in [7, 11) is 3.29. The molecule has 0 spiro atoms. The summed E-state index contributed by atoms with van der Waals surface area (Å²) >= 11 is 0. The molecular weight excluding hydrogens is 252 g/mol. The zero-order valence-electron chi connectivity index (χ0n) is 11.9. The van der Waals surface area contributed by atoms with Crippen LogP contribution in [0.15, 0.2) is 48.5 Å². The minimum absolute atomic E-state index is 0.456. The molecular formula is C17H20O3. The van der Waals surface area contributed by atoms with Crippen LogP contribution in [0.4, 0.5) is 0 Å². The van der Waals surface area contributed by atoms with Gasteiger partial charge in [0.25, 0.3) is 0 Å². The first kappa shape index (κ1) is 14.4. The Balaban J connectivity index is 1.91. The first-order valence-electron chi connectivity index (χ1n) is 6.68. The third-order valence-corrected chi connectivity index (χ3v) is 3.37. The predicted molar refractivity (Wildman–Crippen MR) is 79.3 cm³/mol. The molecule has 3 heteroatoms. The number of ether oxygens (including phenoxy) is 2. The van der Waals surface area contributed by atoms with E-state index in [1.54, 1.807) is 14.2 Å². The van der Waals surface area contributed by atoms with E-state index in [9.17, 15) is 5.11 Å². The molecule has 2 aromatic carbocycles. The topological polar surface area (TPSA) is 38.7 Å². The molecule has 2 aromatic rings. The highest BCUT2D eigenvalue weighted by atomic mass is 16.5. The molecule has 3 nitrogen and oxygen atoms in total. The maximum Gasteiger partial charge on any atom is 0.118 e. The summed E-state index contributed by atoms with van der Waals surface area (Å²) in [6.07, 6.45) is 1.07. The zero-order chi connectivity index (χ0) is 14.4. The lowest BCUT2D eigenvalue weighted by Gasteiger charge is -2.12. The third kappa shape index (κ3) is 3.75. The van der Waals surface area contributed by atoms with Crippen LogP contribution in [0.5, 0.6) is 11.5 Å². The number of benzene rings is 2. The highest BCUT2D eigenvalue weighted by Crippen LogP contribution is 2.22. The first-order chi connectivity index (χ1) is 9.72. The van der Waals surface area contributed by atoms with Crippen molar-refractivity contribution in [1.82, 2.24) is 0 Å².